The van der Waals surface area contributed by atoms with E-state index in [1.807, 2.05) is 18.2 Å². The minimum Gasteiger partial charge on any atom is -0.496 e. The van der Waals surface area contributed by atoms with Crippen molar-refractivity contribution in [1.29, 1.82) is 0 Å². The quantitative estimate of drug-likeness (QED) is 0.501. The monoisotopic (exact) mass is 446 g/mol. The van der Waals surface area contributed by atoms with Crippen LogP contribution in [0.3, 0.4) is 0 Å². The lowest BCUT2D eigenvalue weighted by Gasteiger charge is -2.34. The minimum absolute atomic E-state index is 0.0320. The highest BCUT2D eigenvalue weighted by molar-refractivity contribution is 5.92. The second-order valence-corrected chi connectivity index (χ2v) is 8.09. The molecular weight excluding hydrogens is 421 g/mol. The number of primary amides is 1. The number of rotatable bonds is 8. The molecule has 2 unspecified atom stereocenters. The molecular formula is C23H25F3N4O2. The van der Waals surface area contributed by atoms with E-state index < -0.39 is 23.7 Å². The van der Waals surface area contributed by atoms with Crippen LogP contribution < -0.4 is 26.6 Å². The Morgan fingerprint density at radius 1 is 1.19 bits per heavy atom. The number of carbonyl (C=O) groups excluding carboxylic acids is 1. The number of carbonyl (C=O) groups is 1. The summed E-state index contributed by atoms with van der Waals surface area (Å²) in [6.07, 6.45) is -1.75. The van der Waals surface area contributed by atoms with Gasteiger partial charge in [-0.2, -0.15) is 13.2 Å². The smallest absolute Gasteiger partial charge is 0.416 e. The highest BCUT2D eigenvalue weighted by atomic mass is 19.4. The third-order valence-electron chi connectivity index (χ3n) is 5.92. The minimum atomic E-state index is -4.75. The first-order chi connectivity index (χ1) is 15.3. The van der Waals surface area contributed by atoms with Gasteiger partial charge in [0.25, 0.3) is 5.91 Å². The number of hydrogen-bond donors (Lipinski definition) is 4. The van der Waals surface area contributed by atoms with Gasteiger partial charge < -0.3 is 21.2 Å². The van der Waals surface area contributed by atoms with E-state index in [0.717, 1.165) is 24.5 Å². The van der Waals surface area contributed by atoms with Crippen molar-refractivity contribution in [2.24, 2.45) is 11.7 Å². The molecule has 5 N–H and O–H groups in total. The summed E-state index contributed by atoms with van der Waals surface area (Å²) in [7, 11) is 1.53. The van der Waals surface area contributed by atoms with Crippen LogP contribution in [0.2, 0.25) is 0 Å². The first-order valence-corrected chi connectivity index (χ1v) is 10.3. The van der Waals surface area contributed by atoms with Gasteiger partial charge in [0.05, 0.1) is 13.2 Å². The molecule has 0 saturated heterocycles. The molecule has 0 spiro atoms. The van der Waals surface area contributed by atoms with Crippen LogP contribution in [0.1, 0.15) is 35.6 Å². The Morgan fingerprint density at radius 3 is 2.44 bits per heavy atom. The van der Waals surface area contributed by atoms with Crippen LogP contribution in [0.25, 0.3) is 0 Å². The molecule has 0 bridgehead atoms. The Morgan fingerprint density at radius 2 is 1.84 bits per heavy atom. The summed E-state index contributed by atoms with van der Waals surface area (Å²) in [5, 5.41) is 3.45. The van der Waals surface area contributed by atoms with Gasteiger partial charge in [-0.25, -0.2) is 5.43 Å². The summed E-state index contributed by atoms with van der Waals surface area (Å²) in [5.74, 6) is 0.0975. The number of hydrazine groups is 1. The van der Waals surface area contributed by atoms with Gasteiger partial charge in [-0.05, 0) is 48.6 Å². The fourth-order valence-corrected chi connectivity index (χ4v) is 4.04. The Kier molecular flexibility index (Phi) is 5.87. The number of alkyl halides is 3. The van der Waals surface area contributed by atoms with Gasteiger partial charge in [-0.1, -0.05) is 42.5 Å². The number of halogens is 3. The maximum absolute atomic E-state index is 14.5. The van der Waals surface area contributed by atoms with Gasteiger partial charge in [0.2, 0.25) is 0 Å². The number of methoxy groups -OCH3 is 1. The molecule has 170 valence electrons. The maximum atomic E-state index is 14.5. The number of nitrogens with two attached hydrogens (primary N) is 1. The Bertz CT molecular complexity index is 1040. The van der Waals surface area contributed by atoms with Crippen LogP contribution in [-0.2, 0) is 10.3 Å². The number of para-hydroxylation sites is 1. The summed E-state index contributed by atoms with van der Waals surface area (Å²) in [6.45, 7) is 0.671. The summed E-state index contributed by atoms with van der Waals surface area (Å²) >= 11 is 0. The number of nitrogens with one attached hydrogen (secondary N) is 3. The number of amides is 1. The molecule has 2 atom stereocenters. The van der Waals surface area contributed by atoms with Crippen molar-refractivity contribution in [3.63, 3.8) is 0 Å². The van der Waals surface area contributed by atoms with Gasteiger partial charge in [0, 0.05) is 5.56 Å². The van der Waals surface area contributed by atoms with Gasteiger partial charge in [0.15, 0.2) is 5.54 Å². The van der Waals surface area contributed by atoms with Gasteiger partial charge in [0.1, 0.15) is 11.4 Å². The summed E-state index contributed by atoms with van der Waals surface area (Å²) in [5.41, 5.74) is 8.00. The molecule has 1 amide bonds. The molecule has 32 heavy (non-hydrogen) atoms. The molecule has 0 radical (unpaired) electrons. The lowest BCUT2D eigenvalue weighted by Crippen LogP contribution is -2.54. The third-order valence-corrected chi connectivity index (χ3v) is 5.92. The van der Waals surface area contributed by atoms with E-state index in [1.165, 1.54) is 13.2 Å². The van der Waals surface area contributed by atoms with Crippen molar-refractivity contribution in [2.75, 3.05) is 13.7 Å². The van der Waals surface area contributed by atoms with Crippen molar-refractivity contribution < 1.29 is 22.7 Å². The lowest BCUT2D eigenvalue weighted by molar-refractivity contribution is -0.185. The Labute approximate surface area is 184 Å². The van der Waals surface area contributed by atoms with E-state index in [0.29, 0.717) is 23.8 Å². The topological polar surface area (TPSA) is 88.4 Å². The highest BCUT2D eigenvalue weighted by Gasteiger charge is 2.58. The van der Waals surface area contributed by atoms with Crippen LogP contribution in [0.15, 0.2) is 60.3 Å². The van der Waals surface area contributed by atoms with Gasteiger partial charge >= 0.3 is 6.18 Å². The second-order valence-electron chi connectivity index (χ2n) is 8.09. The molecule has 1 fully saturated rings. The molecule has 2 aromatic carbocycles. The van der Waals surface area contributed by atoms with Gasteiger partial charge in [-0.15, -0.1) is 0 Å². The molecule has 4 rings (SSSR count). The third kappa shape index (κ3) is 4.05. The van der Waals surface area contributed by atoms with Crippen LogP contribution in [-0.4, -0.2) is 25.7 Å². The number of benzene rings is 2. The van der Waals surface area contributed by atoms with Gasteiger partial charge in [-0.3, -0.25) is 4.79 Å². The average molecular weight is 446 g/mol. The zero-order valence-corrected chi connectivity index (χ0v) is 17.5. The molecule has 0 aromatic heterocycles. The standard InChI is InChI=1S/C23H25F3N4O2/c1-32-19-9-5-3-7-16(19)20(28-13-14-10-11-14)15-6-2-4-8-17(15)22(23(24,25)26)12-18(21(27)31)29-30-22/h2-9,12,14,20,28-30H,10-11,13H2,1H3,(H2,27,31). The fraction of sp³-hybridized carbons (Fsp3) is 0.348. The van der Waals surface area contributed by atoms with Crippen LogP contribution >= 0.6 is 0 Å². The second kappa shape index (κ2) is 8.48. The van der Waals surface area contributed by atoms with Crippen molar-refractivity contribution in [1.82, 2.24) is 16.2 Å². The molecule has 1 heterocycles. The summed E-state index contributed by atoms with van der Waals surface area (Å²) in [6, 6.07) is 13.0. The average Bonchev–Trinajstić information content (AvgIpc) is 3.48. The molecule has 2 aliphatic rings. The van der Waals surface area contributed by atoms with Crippen molar-refractivity contribution in [3.8, 4) is 5.75 Å². The SMILES string of the molecule is COc1ccccc1C(NCC1CC1)c1ccccc1C1(C(F)(F)F)C=C(C(N)=O)NN1. The van der Waals surface area contributed by atoms with E-state index in [4.69, 9.17) is 10.5 Å². The zero-order valence-electron chi connectivity index (χ0n) is 17.5. The van der Waals surface area contributed by atoms with E-state index in [2.05, 4.69) is 16.2 Å². The zero-order chi connectivity index (χ0) is 22.9. The van der Waals surface area contributed by atoms with E-state index in [1.54, 1.807) is 24.3 Å². The lowest BCUT2D eigenvalue weighted by atomic mass is 9.82. The van der Waals surface area contributed by atoms with Crippen LogP contribution in [0, 0.1) is 5.92 Å². The molecule has 1 aliphatic heterocycles. The van der Waals surface area contributed by atoms with Crippen LogP contribution in [0.5, 0.6) is 5.75 Å². The molecule has 1 aliphatic carbocycles. The molecule has 1 saturated carbocycles. The van der Waals surface area contributed by atoms with E-state index in [9.17, 15) is 18.0 Å². The van der Waals surface area contributed by atoms with Crippen molar-refractivity contribution in [3.05, 3.63) is 77.0 Å². The predicted molar refractivity (Wildman–Crippen MR) is 113 cm³/mol. The molecule has 6 nitrogen and oxygen atoms in total. The summed E-state index contributed by atoms with van der Waals surface area (Å²) in [4.78, 5) is 11.6. The molecule has 2 aromatic rings. The number of hydrogen-bond acceptors (Lipinski definition) is 5. The normalized spacial score (nSPS) is 21.6. The van der Waals surface area contributed by atoms with Crippen LogP contribution in [0.4, 0.5) is 13.2 Å². The summed E-state index contributed by atoms with van der Waals surface area (Å²) < 4.78 is 49.0. The predicted octanol–water partition coefficient (Wildman–Crippen LogP) is 3.02. The largest absolute Gasteiger partial charge is 0.496 e. The van der Waals surface area contributed by atoms with E-state index >= 15 is 0 Å². The Balaban J connectivity index is 1.88. The number of ether oxygens (including phenoxy) is 1. The maximum Gasteiger partial charge on any atom is 0.416 e. The first kappa shape index (κ1) is 22.2. The van der Waals surface area contributed by atoms with Crippen molar-refractivity contribution in [2.45, 2.75) is 30.6 Å². The molecule has 9 heteroatoms. The van der Waals surface area contributed by atoms with E-state index in [-0.39, 0.29) is 11.3 Å². The fourth-order valence-electron chi connectivity index (χ4n) is 4.04. The Hall–Kier alpha value is -3.04. The highest BCUT2D eigenvalue weighted by Crippen LogP contribution is 2.46. The van der Waals surface area contributed by atoms with Crippen molar-refractivity contribution >= 4 is 5.91 Å². The first-order valence-electron chi connectivity index (χ1n) is 10.3.